The molecule has 8 nitrogen and oxygen atoms in total. The Kier molecular flexibility index (Phi) is 10.9. The highest BCUT2D eigenvalue weighted by Gasteiger charge is 2.14. The predicted octanol–water partition coefficient (Wildman–Crippen LogP) is 1.80. The molecule has 0 aliphatic carbocycles. The van der Waals surface area contributed by atoms with Crippen LogP contribution < -0.4 is 20.1 Å². The van der Waals surface area contributed by atoms with E-state index in [2.05, 4.69) is 15.6 Å². The highest BCUT2D eigenvalue weighted by molar-refractivity contribution is 14.0. The van der Waals surface area contributed by atoms with Crippen LogP contribution in [0.15, 0.2) is 23.2 Å². The van der Waals surface area contributed by atoms with E-state index in [-0.39, 0.29) is 36.5 Å². The van der Waals surface area contributed by atoms with Gasteiger partial charge in [0.05, 0.1) is 5.75 Å². The fourth-order valence-corrected chi connectivity index (χ4v) is 3.46. The largest absolute Gasteiger partial charge is 0.454 e. The molecule has 28 heavy (non-hydrogen) atoms. The average Bonchev–Trinajstić information content (AvgIpc) is 3.12. The van der Waals surface area contributed by atoms with Crippen LogP contribution >= 0.6 is 24.0 Å². The third-order valence-electron chi connectivity index (χ3n) is 4.23. The molecular weight excluding hydrogens is 495 g/mol. The lowest BCUT2D eigenvalue weighted by Crippen LogP contribution is -2.38. The molecular formula is C18H31IN4O4S. The van der Waals surface area contributed by atoms with Crippen molar-refractivity contribution in [2.24, 2.45) is 4.99 Å². The van der Waals surface area contributed by atoms with E-state index in [9.17, 15) is 8.42 Å². The zero-order valence-corrected chi connectivity index (χ0v) is 19.9. The summed E-state index contributed by atoms with van der Waals surface area (Å²) in [5, 5.41) is 6.50. The van der Waals surface area contributed by atoms with E-state index in [0.717, 1.165) is 42.5 Å². The van der Waals surface area contributed by atoms with Crippen LogP contribution in [-0.2, 0) is 16.4 Å². The molecule has 0 amide bonds. The van der Waals surface area contributed by atoms with Gasteiger partial charge < -0.3 is 20.1 Å². The number of nitrogens with one attached hydrogen (secondary N) is 2. The number of fused-ring (bicyclic) bond motifs is 1. The van der Waals surface area contributed by atoms with Crippen molar-refractivity contribution in [3.05, 3.63) is 23.8 Å². The van der Waals surface area contributed by atoms with Gasteiger partial charge in [-0.15, -0.1) is 24.0 Å². The lowest BCUT2D eigenvalue weighted by atomic mass is 10.1. The fourth-order valence-electron chi connectivity index (χ4n) is 2.61. The lowest BCUT2D eigenvalue weighted by Gasteiger charge is -2.15. The molecule has 2 N–H and O–H groups in total. The molecule has 0 spiro atoms. The third-order valence-corrected chi connectivity index (χ3v) is 6.09. The Labute approximate surface area is 185 Å². The molecule has 0 saturated heterocycles. The summed E-state index contributed by atoms with van der Waals surface area (Å²) in [4.78, 5) is 4.51. The second-order valence-electron chi connectivity index (χ2n) is 6.20. The van der Waals surface area contributed by atoms with E-state index >= 15 is 0 Å². The van der Waals surface area contributed by atoms with E-state index in [1.165, 1.54) is 4.31 Å². The molecule has 0 atom stereocenters. The molecule has 0 unspecified atom stereocenters. The molecule has 1 heterocycles. The van der Waals surface area contributed by atoms with Crippen molar-refractivity contribution in [2.45, 2.75) is 26.7 Å². The number of hydrogen-bond acceptors (Lipinski definition) is 5. The molecule has 0 bridgehead atoms. The number of rotatable bonds is 10. The number of hydrogen-bond donors (Lipinski definition) is 2. The first kappa shape index (κ1) is 24.8. The monoisotopic (exact) mass is 526 g/mol. The zero-order chi connectivity index (χ0) is 19.7. The number of benzene rings is 1. The minimum absolute atomic E-state index is 0. The van der Waals surface area contributed by atoms with Gasteiger partial charge >= 0.3 is 0 Å². The Morgan fingerprint density at radius 2 is 1.96 bits per heavy atom. The first-order valence-corrected chi connectivity index (χ1v) is 10.9. The van der Waals surface area contributed by atoms with E-state index in [1.807, 2.05) is 25.1 Å². The number of sulfonamides is 1. The Balaban J connectivity index is 0.00000392. The SMILES string of the molecule is CCNC(=NCCCN(C)S(=O)(=O)CC)NCCc1ccc2c(c1)OCO2.I. The maximum atomic E-state index is 11.7. The van der Waals surface area contributed by atoms with Gasteiger partial charge in [0.2, 0.25) is 16.8 Å². The van der Waals surface area contributed by atoms with Crippen molar-refractivity contribution in [3.63, 3.8) is 0 Å². The molecule has 160 valence electrons. The topological polar surface area (TPSA) is 92.3 Å². The Morgan fingerprint density at radius 1 is 1.21 bits per heavy atom. The van der Waals surface area contributed by atoms with Gasteiger partial charge in [-0.1, -0.05) is 6.07 Å². The molecule has 1 aliphatic rings. The smallest absolute Gasteiger partial charge is 0.231 e. The Morgan fingerprint density at radius 3 is 2.68 bits per heavy atom. The first-order chi connectivity index (χ1) is 13.0. The minimum atomic E-state index is -3.12. The number of halogens is 1. The lowest BCUT2D eigenvalue weighted by molar-refractivity contribution is 0.174. The van der Waals surface area contributed by atoms with E-state index < -0.39 is 10.0 Å². The van der Waals surface area contributed by atoms with Crippen molar-refractivity contribution in [1.29, 1.82) is 0 Å². The normalized spacial score (nSPS) is 13.4. The number of aliphatic imine (C=N–C) groups is 1. The van der Waals surface area contributed by atoms with Crippen LogP contribution in [0.25, 0.3) is 0 Å². The van der Waals surface area contributed by atoms with Crippen molar-refractivity contribution < 1.29 is 17.9 Å². The summed E-state index contributed by atoms with van der Waals surface area (Å²) in [7, 11) is -1.52. The van der Waals surface area contributed by atoms with Crippen molar-refractivity contribution in [1.82, 2.24) is 14.9 Å². The molecule has 0 saturated carbocycles. The predicted molar refractivity (Wildman–Crippen MR) is 122 cm³/mol. The van der Waals surface area contributed by atoms with E-state index in [1.54, 1.807) is 14.0 Å². The van der Waals surface area contributed by atoms with Gasteiger partial charge in [0, 0.05) is 33.2 Å². The second kappa shape index (κ2) is 12.3. The Hall–Kier alpha value is -1.27. The molecule has 10 heteroatoms. The molecule has 0 aromatic heterocycles. The number of guanidine groups is 1. The van der Waals surface area contributed by atoms with Gasteiger partial charge in [0.1, 0.15) is 0 Å². The second-order valence-corrected chi connectivity index (χ2v) is 8.57. The van der Waals surface area contributed by atoms with Gasteiger partial charge in [-0.05, 0) is 44.4 Å². The molecule has 2 rings (SSSR count). The maximum absolute atomic E-state index is 11.7. The number of nitrogens with zero attached hydrogens (tertiary/aromatic N) is 2. The van der Waals surface area contributed by atoms with Crippen molar-refractivity contribution >= 4 is 40.0 Å². The summed E-state index contributed by atoms with van der Waals surface area (Å²) in [6, 6.07) is 5.96. The fraction of sp³-hybridized carbons (Fsp3) is 0.611. The summed E-state index contributed by atoms with van der Waals surface area (Å²) >= 11 is 0. The maximum Gasteiger partial charge on any atom is 0.231 e. The standard InChI is InChI=1S/C18H30N4O4S.HI/c1-4-19-18(20-10-6-12-22(3)27(23,24)5-2)21-11-9-15-7-8-16-17(13-15)26-14-25-16;/h7-8,13H,4-6,9-12,14H2,1-3H3,(H2,19,20,21);1H. The van der Waals surface area contributed by atoms with E-state index in [0.29, 0.717) is 19.5 Å². The highest BCUT2D eigenvalue weighted by atomic mass is 127. The summed E-state index contributed by atoms with van der Waals surface area (Å²) in [5.41, 5.74) is 1.16. The van der Waals surface area contributed by atoms with Crippen LogP contribution in [0.4, 0.5) is 0 Å². The third kappa shape index (κ3) is 7.63. The molecule has 1 aromatic rings. The van der Waals surface area contributed by atoms with Crippen LogP contribution in [0.5, 0.6) is 11.5 Å². The van der Waals surface area contributed by atoms with Crippen molar-refractivity contribution in [3.8, 4) is 11.5 Å². The quantitative estimate of drug-likeness (QED) is 0.209. The van der Waals surface area contributed by atoms with Gasteiger partial charge in [-0.3, -0.25) is 4.99 Å². The highest BCUT2D eigenvalue weighted by Crippen LogP contribution is 2.32. The van der Waals surface area contributed by atoms with Gasteiger partial charge in [-0.25, -0.2) is 12.7 Å². The van der Waals surface area contributed by atoms with Crippen LogP contribution in [0.2, 0.25) is 0 Å². The van der Waals surface area contributed by atoms with Crippen LogP contribution in [0.3, 0.4) is 0 Å². The average molecular weight is 526 g/mol. The minimum Gasteiger partial charge on any atom is -0.454 e. The van der Waals surface area contributed by atoms with Crippen molar-refractivity contribution in [2.75, 3.05) is 45.8 Å². The summed E-state index contributed by atoms with van der Waals surface area (Å²) in [6.45, 7) is 6.46. The zero-order valence-electron chi connectivity index (χ0n) is 16.7. The molecule has 1 aliphatic heterocycles. The number of ether oxygens (including phenoxy) is 2. The summed E-state index contributed by atoms with van der Waals surface area (Å²) in [5.74, 6) is 2.44. The van der Waals surface area contributed by atoms with Gasteiger partial charge in [0.25, 0.3) is 0 Å². The molecule has 0 radical (unpaired) electrons. The summed E-state index contributed by atoms with van der Waals surface area (Å²) in [6.07, 6.45) is 1.51. The van der Waals surface area contributed by atoms with Gasteiger partial charge in [-0.2, -0.15) is 0 Å². The Bertz CT molecular complexity index is 743. The van der Waals surface area contributed by atoms with Crippen LogP contribution in [0.1, 0.15) is 25.8 Å². The van der Waals surface area contributed by atoms with Crippen LogP contribution in [0, 0.1) is 0 Å². The van der Waals surface area contributed by atoms with Gasteiger partial charge in [0.15, 0.2) is 17.5 Å². The van der Waals surface area contributed by atoms with E-state index in [4.69, 9.17) is 9.47 Å². The first-order valence-electron chi connectivity index (χ1n) is 9.31. The molecule has 0 fully saturated rings. The van der Waals surface area contributed by atoms with Crippen LogP contribution in [-0.4, -0.2) is 64.5 Å². The summed E-state index contributed by atoms with van der Waals surface area (Å²) < 4.78 is 35.6. The molecule has 1 aromatic carbocycles.